The molecule has 4 heterocycles. The normalized spacial score (nSPS) is 16.6. The Kier molecular flexibility index (Phi) is 5.76. The highest BCUT2D eigenvalue weighted by atomic mass is 19.1. The number of nitrogens with zero attached hydrogens (tertiary/aromatic N) is 5. The quantitative estimate of drug-likeness (QED) is 0.697. The highest BCUT2D eigenvalue weighted by Crippen LogP contribution is 2.31. The van der Waals surface area contributed by atoms with Crippen molar-refractivity contribution in [3.63, 3.8) is 0 Å². The van der Waals surface area contributed by atoms with Gasteiger partial charge in [0.15, 0.2) is 0 Å². The first kappa shape index (κ1) is 20.0. The van der Waals surface area contributed by atoms with Gasteiger partial charge < -0.3 is 5.32 Å². The van der Waals surface area contributed by atoms with Crippen LogP contribution in [-0.4, -0.2) is 37.3 Å². The number of halogens is 1. The summed E-state index contributed by atoms with van der Waals surface area (Å²) in [4.78, 5) is 32.5. The molecule has 4 rings (SSSR count). The fourth-order valence-corrected chi connectivity index (χ4v) is 3.59. The molecule has 30 heavy (non-hydrogen) atoms. The molecule has 1 N–H and O–H groups in total. The number of hydrogen-bond acceptors (Lipinski definition) is 6. The molecule has 0 aliphatic carbocycles. The molecular weight excluding hydrogens is 383 g/mol. The van der Waals surface area contributed by atoms with Crippen LogP contribution in [0.2, 0.25) is 0 Å². The summed E-state index contributed by atoms with van der Waals surface area (Å²) in [6.07, 6.45) is 4.82. The zero-order valence-electron chi connectivity index (χ0n) is 17.0. The molecule has 3 aromatic heterocycles. The Bertz CT molecular complexity index is 1040. The molecule has 0 saturated carbocycles. The maximum atomic E-state index is 13.1. The second-order valence-corrected chi connectivity index (χ2v) is 7.52. The fraction of sp³-hybridized carbons (Fsp3) is 0.318. The molecule has 0 aromatic carbocycles. The van der Waals surface area contributed by atoms with Gasteiger partial charge in [-0.2, -0.15) is 0 Å². The Labute approximate surface area is 174 Å². The van der Waals surface area contributed by atoms with Gasteiger partial charge in [0.2, 0.25) is 0 Å². The highest BCUT2D eigenvalue weighted by molar-refractivity contribution is 6.02. The van der Waals surface area contributed by atoms with Crippen molar-refractivity contribution in [3.8, 4) is 0 Å². The number of pyridine rings is 2. The zero-order valence-corrected chi connectivity index (χ0v) is 17.0. The van der Waals surface area contributed by atoms with Gasteiger partial charge in [0.25, 0.3) is 5.91 Å². The number of likely N-dealkylation sites (tertiary alicyclic amines) is 1. The van der Waals surface area contributed by atoms with Crippen molar-refractivity contribution in [2.75, 3.05) is 11.9 Å². The van der Waals surface area contributed by atoms with Crippen molar-refractivity contribution in [2.45, 2.75) is 39.3 Å². The van der Waals surface area contributed by atoms with Crippen LogP contribution in [0.5, 0.6) is 0 Å². The Hall–Kier alpha value is -3.26. The summed E-state index contributed by atoms with van der Waals surface area (Å²) in [5.74, 6) is 0.435. The predicted octanol–water partition coefficient (Wildman–Crippen LogP) is 3.61. The minimum Gasteiger partial charge on any atom is -0.305 e. The molecule has 1 amide bonds. The number of aryl methyl sites for hydroxylation is 2. The third kappa shape index (κ3) is 4.65. The van der Waals surface area contributed by atoms with Crippen LogP contribution in [0.4, 0.5) is 10.2 Å². The summed E-state index contributed by atoms with van der Waals surface area (Å²) >= 11 is 0. The van der Waals surface area contributed by atoms with E-state index in [0.717, 1.165) is 36.3 Å². The molecule has 1 fully saturated rings. The van der Waals surface area contributed by atoms with E-state index in [2.05, 4.69) is 30.2 Å². The van der Waals surface area contributed by atoms with E-state index in [0.29, 0.717) is 23.9 Å². The lowest BCUT2D eigenvalue weighted by atomic mass is 10.2. The van der Waals surface area contributed by atoms with Crippen molar-refractivity contribution >= 4 is 11.7 Å². The maximum Gasteiger partial charge on any atom is 0.275 e. The Balaban J connectivity index is 1.53. The Morgan fingerprint density at radius 2 is 2.03 bits per heavy atom. The average molecular weight is 406 g/mol. The summed E-state index contributed by atoms with van der Waals surface area (Å²) in [6.45, 7) is 5.24. The Morgan fingerprint density at radius 1 is 1.17 bits per heavy atom. The van der Waals surface area contributed by atoms with E-state index in [1.807, 2.05) is 19.9 Å². The summed E-state index contributed by atoms with van der Waals surface area (Å²) in [6, 6.07) is 8.41. The number of anilines is 1. The van der Waals surface area contributed by atoms with E-state index < -0.39 is 0 Å². The van der Waals surface area contributed by atoms with Crippen LogP contribution in [0.1, 0.15) is 52.1 Å². The summed E-state index contributed by atoms with van der Waals surface area (Å²) in [5, 5.41) is 2.79. The van der Waals surface area contributed by atoms with Crippen LogP contribution in [0.25, 0.3) is 0 Å². The van der Waals surface area contributed by atoms with E-state index >= 15 is 0 Å². The first-order valence-electron chi connectivity index (χ1n) is 9.92. The van der Waals surface area contributed by atoms with Crippen molar-refractivity contribution in [1.29, 1.82) is 0 Å². The summed E-state index contributed by atoms with van der Waals surface area (Å²) < 4.78 is 13.1. The third-order valence-corrected chi connectivity index (χ3v) is 5.07. The van der Waals surface area contributed by atoms with Gasteiger partial charge in [-0.1, -0.05) is 6.07 Å². The molecule has 0 spiro atoms. The lowest BCUT2D eigenvalue weighted by molar-refractivity contribution is 0.102. The number of nitrogens with one attached hydrogen (secondary N) is 1. The third-order valence-electron chi connectivity index (χ3n) is 5.07. The van der Waals surface area contributed by atoms with E-state index in [4.69, 9.17) is 0 Å². The molecule has 8 heteroatoms. The van der Waals surface area contributed by atoms with Gasteiger partial charge >= 0.3 is 0 Å². The van der Waals surface area contributed by atoms with Crippen molar-refractivity contribution < 1.29 is 9.18 Å². The molecule has 1 aliphatic heterocycles. The van der Waals surface area contributed by atoms with Crippen molar-refractivity contribution in [1.82, 2.24) is 24.8 Å². The van der Waals surface area contributed by atoms with E-state index in [1.165, 1.54) is 12.3 Å². The van der Waals surface area contributed by atoms with Gasteiger partial charge in [0.1, 0.15) is 23.2 Å². The molecule has 1 atom stereocenters. The van der Waals surface area contributed by atoms with Gasteiger partial charge in [0, 0.05) is 18.4 Å². The molecule has 1 saturated heterocycles. The number of aromatic nitrogens is 4. The van der Waals surface area contributed by atoms with Crippen molar-refractivity contribution in [2.24, 2.45) is 0 Å². The number of carbonyl (C=O) groups excluding carboxylic acids is 1. The van der Waals surface area contributed by atoms with Crippen LogP contribution in [0.15, 0.2) is 42.7 Å². The summed E-state index contributed by atoms with van der Waals surface area (Å²) in [7, 11) is 0. The summed E-state index contributed by atoms with van der Waals surface area (Å²) in [5.41, 5.74) is 2.85. The molecule has 154 valence electrons. The SMILES string of the molecule is Cc1ccc(NC(=O)c2cc(C)nc(C3CCCN3Cc3ccc(F)cn3)n2)nc1. The van der Waals surface area contributed by atoms with Gasteiger partial charge in [-0.25, -0.2) is 19.3 Å². The minimum atomic E-state index is -0.350. The molecule has 0 bridgehead atoms. The second-order valence-electron chi connectivity index (χ2n) is 7.52. The molecule has 1 unspecified atom stereocenters. The molecule has 1 aliphatic rings. The fourth-order valence-electron chi connectivity index (χ4n) is 3.59. The van der Waals surface area contributed by atoms with Crippen LogP contribution in [-0.2, 0) is 6.54 Å². The van der Waals surface area contributed by atoms with Gasteiger partial charge in [0.05, 0.1) is 17.9 Å². The predicted molar refractivity (Wildman–Crippen MR) is 110 cm³/mol. The zero-order chi connectivity index (χ0) is 21.1. The largest absolute Gasteiger partial charge is 0.305 e. The molecule has 0 radical (unpaired) electrons. The highest BCUT2D eigenvalue weighted by Gasteiger charge is 2.29. The number of hydrogen-bond donors (Lipinski definition) is 1. The number of rotatable bonds is 5. The van der Waals surface area contributed by atoms with Gasteiger partial charge in [-0.05, 0) is 63.1 Å². The standard InChI is InChI=1S/C22H23FN6O/c1-14-5-8-20(25-11-14)28-22(30)18-10-15(2)26-21(27-18)19-4-3-9-29(19)13-17-7-6-16(23)12-24-17/h5-8,10-12,19H,3-4,9,13H2,1-2H3,(H,25,28,30). The van der Waals surface area contributed by atoms with E-state index in [-0.39, 0.29) is 17.8 Å². The van der Waals surface area contributed by atoms with E-state index in [9.17, 15) is 9.18 Å². The van der Waals surface area contributed by atoms with Crippen LogP contribution < -0.4 is 5.32 Å². The number of carbonyl (C=O) groups is 1. The molecule has 7 nitrogen and oxygen atoms in total. The smallest absolute Gasteiger partial charge is 0.275 e. The lowest BCUT2D eigenvalue weighted by Crippen LogP contribution is -2.26. The topological polar surface area (TPSA) is 83.9 Å². The maximum absolute atomic E-state index is 13.1. The van der Waals surface area contributed by atoms with Crippen molar-refractivity contribution in [3.05, 3.63) is 77.0 Å². The van der Waals surface area contributed by atoms with Crippen LogP contribution in [0.3, 0.4) is 0 Å². The first-order chi connectivity index (χ1) is 14.5. The van der Waals surface area contributed by atoms with Crippen LogP contribution in [0, 0.1) is 19.7 Å². The van der Waals surface area contributed by atoms with E-state index in [1.54, 1.807) is 24.4 Å². The first-order valence-corrected chi connectivity index (χ1v) is 9.92. The Morgan fingerprint density at radius 3 is 2.77 bits per heavy atom. The van der Waals surface area contributed by atoms with Gasteiger partial charge in [-0.15, -0.1) is 0 Å². The average Bonchev–Trinajstić information content (AvgIpc) is 3.19. The lowest BCUT2D eigenvalue weighted by Gasteiger charge is -2.23. The number of amides is 1. The van der Waals surface area contributed by atoms with Gasteiger partial charge in [-0.3, -0.25) is 14.7 Å². The monoisotopic (exact) mass is 406 g/mol. The minimum absolute atomic E-state index is 0.0131. The second kappa shape index (κ2) is 8.62. The molecule has 3 aromatic rings. The molecular formula is C22H23FN6O. The van der Waals surface area contributed by atoms with Crippen LogP contribution >= 0.6 is 0 Å².